The van der Waals surface area contributed by atoms with Crippen LogP contribution in [0.25, 0.3) is 0 Å². The van der Waals surface area contributed by atoms with Gasteiger partial charge in [-0.1, -0.05) is 24.3 Å². The molecule has 1 aromatic carbocycles. The molecule has 2 N–H and O–H groups in total. The topological polar surface area (TPSA) is 71.1 Å². The summed E-state index contributed by atoms with van der Waals surface area (Å²) in [6.07, 6.45) is 1.87. The van der Waals surface area contributed by atoms with Crippen LogP contribution < -0.4 is 10.6 Å². The van der Waals surface area contributed by atoms with Crippen LogP contribution in [-0.2, 0) is 22.4 Å². The van der Waals surface area contributed by atoms with Crippen LogP contribution in [0.4, 0.5) is 0 Å². The van der Waals surface area contributed by atoms with Gasteiger partial charge in [0, 0.05) is 18.2 Å². The largest absolute Gasteiger partial charge is 0.351 e. The fourth-order valence-electron chi connectivity index (χ4n) is 3.21. The molecule has 2 atom stereocenters. The highest BCUT2D eigenvalue weighted by Crippen LogP contribution is 2.31. The van der Waals surface area contributed by atoms with Gasteiger partial charge >= 0.3 is 0 Å². The van der Waals surface area contributed by atoms with Gasteiger partial charge in [-0.2, -0.15) is 0 Å². The summed E-state index contributed by atoms with van der Waals surface area (Å²) >= 11 is 1.58. The fraction of sp³-hybridized carbons (Fsp3) is 0.389. The minimum Gasteiger partial charge on any atom is -0.351 e. The maximum Gasteiger partial charge on any atom is 0.220 e. The van der Waals surface area contributed by atoms with Crippen LogP contribution in [0.1, 0.15) is 41.1 Å². The number of aryl methyl sites for hydroxylation is 2. The zero-order valence-corrected chi connectivity index (χ0v) is 14.7. The van der Waals surface area contributed by atoms with Crippen molar-refractivity contribution in [2.24, 2.45) is 0 Å². The summed E-state index contributed by atoms with van der Waals surface area (Å²) in [6, 6.07) is 7.77. The molecule has 24 heavy (non-hydrogen) atoms. The number of nitrogens with one attached hydrogen (secondary N) is 2. The van der Waals surface area contributed by atoms with E-state index >= 15 is 0 Å². The van der Waals surface area contributed by atoms with Gasteiger partial charge in [-0.3, -0.25) is 9.59 Å². The monoisotopic (exact) mass is 343 g/mol. The van der Waals surface area contributed by atoms with Crippen LogP contribution in [0.5, 0.6) is 0 Å². The molecule has 0 spiro atoms. The molecule has 126 valence electrons. The lowest BCUT2D eigenvalue weighted by molar-refractivity contribution is -0.123. The number of aromatic nitrogens is 1. The van der Waals surface area contributed by atoms with E-state index in [1.165, 1.54) is 12.5 Å². The Morgan fingerprint density at radius 1 is 1.29 bits per heavy atom. The average molecular weight is 343 g/mol. The number of thiazole rings is 1. The zero-order chi connectivity index (χ0) is 17.1. The second kappa shape index (κ2) is 7.13. The molecular weight excluding hydrogens is 322 g/mol. The maximum absolute atomic E-state index is 12.4. The molecule has 2 amide bonds. The molecule has 0 fully saturated rings. The highest BCUT2D eigenvalue weighted by Gasteiger charge is 2.33. The summed E-state index contributed by atoms with van der Waals surface area (Å²) in [7, 11) is 0. The lowest BCUT2D eigenvalue weighted by atomic mass is 10.1. The molecule has 1 aromatic heterocycles. The van der Waals surface area contributed by atoms with Crippen LogP contribution in [0.15, 0.2) is 29.8 Å². The van der Waals surface area contributed by atoms with Gasteiger partial charge in [-0.05, 0) is 30.9 Å². The van der Waals surface area contributed by atoms with E-state index in [1.54, 1.807) is 11.3 Å². The Hall–Kier alpha value is -2.21. The summed E-state index contributed by atoms with van der Waals surface area (Å²) in [5.41, 5.74) is 5.08. The van der Waals surface area contributed by atoms with Crippen molar-refractivity contribution in [3.63, 3.8) is 0 Å². The molecule has 0 unspecified atom stereocenters. The Morgan fingerprint density at radius 2 is 2.08 bits per heavy atom. The van der Waals surface area contributed by atoms with Crippen molar-refractivity contribution in [3.05, 3.63) is 51.5 Å². The predicted molar refractivity (Wildman–Crippen MR) is 93.8 cm³/mol. The van der Waals surface area contributed by atoms with Crippen molar-refractivity contribution < 1.29 is 9.59 Å². The Labute approximate surface area is 145 Å². The van der Waals surface area contributed by atoms with Crippen LogP contribution in [-0.4, -0.2) is 22.8 Å². The van der Waals surface area contributed by atoms with Crippen LogP contribution in [0, 0.1) is 6.92 Å². The Balaban J connectivity index is 1.67. The van der Waals surface area contributed by atoms with Gasteiger partial charge in [0.05, 0.1) is 23.3 Å². The number of hydrogen-bond donors (Lipinski definition) is 2. The Bertz CT molecular complexity index is 756. The van der Waals surface area contributed by atoms with Crippen molar-refractivity contribution in [1.29, 1.82) is 0 Å². The molecule has 0 saturated heterocycles. The van der Waals surface area contributed by atoms with Crippen molar-refractivity contribution in [1.82, 2.24) is 15.6 Å². The van der Waals surface area contributed by atoms with E-state index in [0.717, 1.165) is 22.6 Å². The molecule has 0 radical (unpaired) electrons. The molecule has 3 rings (SSSR count). The third kappa shape index (κ3) is 3.64. The minimum absolute atomic E-state index is 0.000134. The van der Waals surface area contributed by atoms with Gasteiger partial charge in [0.1, 0.15) is 0 Å². The minimum atomic E-state index is -0.167. The summed E-state index contributed by atoms with van der Waals surface area (Å²) in [5, 5.41) is 6.06. The molecule has 1 aliphatic carbocycles. The Morgan fingerprint density at radius 3 is 2.79 bits per heavy atom. The number of carbonyl (C=O) groups excluding carboxylic acids is 2. The second-order valence-electron chi connectivity index (χ2n) is 6.12. The fourth-order valence-corrected chi connectivity index (χ4v) is 3.99. The third-order valence-corrected chi connectivity index (χ3v) is 5.36. The lowest BCUT2D eigenvalue weighted by Crippen LogP contribution is -2.43. The molecule has 5 nitrogen and oxygen atoms in total. The molecule has 6 heteroatoms. The number of amides is 2. The molecular formula is C18H21N3O2S. The first-order chi connectivity index (χ1) is 11.5. The van der Waals surface area contributed by atoms with Crippen LogP contribution >= 0.6 is 11.3 Å². The molecule has 0 aliphatic heterocycles. The summed E-state index contributed by atoms with van der Waals surface area (Å²) in [4.78, 5) is 29.2. The summed E-state index contributed by atoms with van der Waals surface area (Å²) < 4.78 is 0. The number of nitrogens with zero attached hydrogens (tertiary/aromatic N) is 1. The summed E-state index contributed by atoms with van der Waals surface area (Å²) in [6.45, 7) is 3.47. The SMILES string of the molecule is CC(=O)N[C@@H]1Cc2ccccc2[C@H]1NC(=O)CCc1scnc1C. The first-order valence-corrected chi connectivity index (χ1v) is 8.96. The first kappa shape index (κ1) is 16.6. The van der Waals surface area contributed by atoms with E-state index in [-0.39, 0.29) is 23.9 Å². The lowest BCUT2D eigenvalue weighted by Gasteiger charge is -2.22. The average Bonchev–Trinajstić information content (AvgIpc) is 3.09. The van der Waals surface area contributed by atoms with Gasteiger partial charge in [0.15, 0.2) is 0 Å². The first-order valence-electron chi connectivity index (χ1n) is 8.08. The molecule has 1 heterocycles. The van der Waals surface area contributed by atoms with Gasteiger partial charge < -0.3 is 10.6 Å². The van der Waals surface area contributed by atoms with Gasteiger partial charge in [-0.25, -0.2) is 4.98 Å². The maximum atomic E-state index is 12.4. The van der Waals surface area contributed by atoms with E-state index in [0.29, 0.717) is 12.8 Å². The van der Waals surface area contributed by atoms with E-state index in [9.17, 15) is 9.59 Å². The zero-order valence-electron chi connectivity index (χ0n) is 13.8. The van der Waals surface area contributed by atoms with Crippen molar-refractivity contribution in [2.45, 2.75) is 45.2 Å². The molecule has 0 bridgehead atoms. The normalized spacial score (nSPS) is 18.9. The third-order valence-electron chi connectivity index (χ3n) is 4.36. The second-order valence-corrected chi connectivity index (χ2v) is 7.06. The summed E-state index contributed by atoms with van der Waals surface area (Å²) in [5.74, 6) is -0.0767. The van der Waals surface area contributed by atoms with Gasteiger partial charge in [0.25, 0.3) is 0 Å². The molecule has 2 aromatic rings. The predicted octanol–water partition coefficient (Wildman–Crippen LogP) is 2.30. The standard InChI is InChI=1S/C18H21N3O2S/c1-11-16(24-10-19-11)7-8-17(23)21-18-14-6-4-3-5-13(14)9-15(18)20-12(2)22/h3-6,10,15,18H,7-9H2,1-2H3,(H,20,22)(H,21,23)/t15-,18-/m1/s1. The van der Waals surface area contributed by atoms with Crippen molar-refractivity contribution in [2.75, 3.05) is 0 Å². The molecule has 1 aliphatic rings. The van der Waals surface area contributed by atoms with E-state index in [1.807, 2.05) is 30.6 Å². The van der Waals surface area contributed by atoms with Crippen LogP contribution in [0.2, 0.25) is 0 Å². The van der Waals surface area contributed by atoms with Crippen molar-refractivity contribution >= 4 is 23.2 Å². The number of rotatable bonds is 5. The van der Waals surface area contributed by atoms with Crippen LogP contribution in [0.3, 0.4) is 0 Å². The smallest absolute Gasteiger partial charge is 0.220 e. The highest BCUT2D eigenvalue weighted by molar-refractivity contribution is 7.09. The van der Waals surface area contributed by atoms with Crippen molar-refractivity contribution in [3.8, 4) is 0 Å². The number of carbonyl (C=O) groups is 2. The van der Waals surface area contributed by atoms with Gasteiger partial charge in [-0.15, -0.1) is 11.3 Å². The highest BCUT2D eigenvalue weighted by atomic mass is 32.1. The number of hydrogen-bond acceptors (Lipinski definition) is 4. The molecule has 0 saturated carbocycles. The number of benzene rings is 1. The number of fused-ring (bicyclic) bond motifs is 1. The van der Waals surface area contributed by atoms with E-state index in [2.05, 4.69) is 21.7 Å². The quantitative estimate of drug-likeness (QED) is 0.875. The van der Waals surface area contributed by atoms with E-state index < -0.39 is 0 Å². The Kier molecular flexibility index (Phi) is 4.94. The van der Waals surface area contributed by atoms with E-state index in [4.69, 9.17) is 0 Å². The van der Waals surface area contributed by atoms with Gasteiger partial charge in [0.2, 0.25) is 11.8 Å².